The zero-order chi connectivity index (χ0) is 26.8. The second-order valence-electron chi connectivity index (χ2n) is 9.72. The van der Waals surface area contributed by atoms with Crippen LogP contribution in [0.1, 0.15) is 47.9 Å². The van der Waals surface area contributed by atoms with E-state index in [0.717, 1.165) is 25.3 Å². The first-order valence-electron chi connectivity index (χ1n) is 11.5. The Morgan fingerprint density at radius 1 is 1.00 bits per heavy atom. The second-order valence-corrected chi connectivity index (χ2v) is 10.2. The SMILES string of the molecule is O=C(C1CCC1)N1CC(F)(c2ccc(C3=NOC(c4cc(Cl)cc(C(F)(F)F)c4)(C(F)(F)F)C3)cc2)C1. The Balaban J connectivity index is 1.35. The third-order valence-corrected chi connectivity index (χ3v) is 7.48. The summed E-state index contributed by atoms with van der Waals surface area (Å²) in [5, 5.41) is 3.01. The van der Waals surface area contributed by atoms with Gasteiger partial charge in [0, 0.05) is 22.9 Å². The van der Waals surface area contributed by atoms with Crippen molar-refractivity contribution in [2.24, 2.45) is 11.1 Å². The summed E-state index contributed by atoms with van der Waals surface area (Å²) in [5.74, 6) is -0.111. The van der Waals surface area contributed by atoms with Gasteiger partial charge in [0.1, 0.15) is 0 Å². The number of amides is 1. The molecule has 0 radical (unpaired) electrons. The highest BCUT2D eigenvalue weighted by molar-refractivity contribution is 6.30. The van der Waals surface area contributed by atoms with Gasteiger partial charge in [-0.25, -0.2) is 4.39 Å². The number of carbonyl (C=O) groups excluding carboxylic acids is 1. The van der Waals surface area contributed by atoms with Crippen LogP contribution in [0.2, 0.25) is 5.02 Å². The van der Waals surface area contributed by atoms with Crippen LogP contribution in [0.3, 0.4) is 0 Å². The van der Waals surface area contributed by atoms with E-state index in [4.69, 9.17) is 16.4 Å². The summed E-state index contributed by atoms with van der Waals surface area (Å²) >= 11 is 5.72. The molecule has 0 bridgehead atoms. The van der Waals surface area contributed by atoms with Crippen LogP contribution in [-0.4, -0.2) is 35.8 Å². The average Bonchev–Trinajstić information content (AvgIpc) is 3.22. The first kappa shape index (κ1) is 25.8. The highest BCUT2D eigenvalue weighted by Gasteiger charge is 2.62. The lowest BCUT2D eigenvalue weighted by Gasteiger charge is -2.47. The van der Waals surface area contributed by atoms with Crippen LogP contribution in [0.5, 0.6) is 0 Å². The summed E-state index contributed by atoms with van der Waals surface area (Å²) < 4.78 is 97.6. The third-order valence-electron chi connectivity index (χ3n) is 7.26. The van der Waals surface area contributed by atoms with Crippen molar-refractivity contribution in [3.63, 3.8) is 0 Å². The van der Waals surface area contributed by atoms with Gasteiger partial charge in [0.2, 0.25) is 5.91 Å². The number of rotatable bonds is 4. The van der Waals surface area contributed by atoms with Gasteiger partial charge in [-0.15, -0.1) is 0 Å². The molecule has 4 nitrogen and oxygen atoms in total. The van der Waals surface area contributed by atoms with Crippen LogP contribution in [0, 0.1) is 5.92 Å². The van der Waals surface area contributed by atoms with Crippen LogP contribution in [0.15, 0.2) is 47.6 Å². The van der Waals surface area contributed by atoms with Crippen molar-refractivity contribution in [2.75, 3.05) is 13.1 Å². The average molecular weight is 549 g/mol. The van der Waals surface area contributed by atoms with E-state index < -0.39 is 46.2 Å². The number of halogens is 8. The summed E-state index contributed by atoms with van der Waals surface area (Å²) in [4.78, 5) is 18.5. The van der Waals surface area contributed by atoms with E-state index in [0.29, 0.717) is 12.1 Å². The lowest BCUT2D eigenvalue weighted by Crippen LogP contribution is -2.60. The maximum Gasteiger partial charge on any atom is 0.435 e. The van der Waals surface area contributed by atoms with Gasteiger partial charge in [0.05, 0.1) is 24.4 Å². The number of hydrogen-bond acceptors (Lipinski definition) is 3. The number of benzene rings is 2. The Hall–Kier alpha value is -2.82. The zero-order valence-corrected chi connectivity index (χ0v) is 19.9. The van der Waals surface area contributed by atoms with Gasteiger partial charge in [-0.05, 0) is 42.2 Å². The van der Waals surface area contributed by atoms with Gasteiger partial charge in [-0.3, -0.25) is 4.79 Å². The van der Waals surface area contributed by atoms with Gasteiger partial charge in [-0.2, -0.15) is 26.3 Å². The first-order chi connectivity index (χ1) is 17.2. The first-order valence-corrected chi connectivity index (χ1v) is 11.9. The number of nitrogens with zero attached hydrogens (tertiary/aromatic N) is 2. The molecule has 0 spiro atoms. The van der Waals surface area contributed by atoms with Gasteiger partial charge >= 0.3 is 12.4 Å². The Bertz CT molecular complexity index is 1250. The standard InChI is InChI=1S/C25H20ClF7N2O2/c26-19-9-17(8-18(10-19)24(28,29)30)23(25(31,32)33)11-20(34-37-23)14-4-6-16(7-5-14)22(27)12-35(13-22)21(36)15-2-1-3-15/h4-10,15H,1-3,11-13H2. The van der Waals surface area contributed by atoms with Crippen molar-refractivity contribution in [2.45, 2.75) is 49.3 Å². The maximum atomic E-state index is 15.3. The monoisotopic (exact) mass is 548 g/mol. The van der Waals surface area contributed by atoms with E-state index in [1.54, 1.807) is 0 Å². The zero-order valence-electron chi connectivity index (χ0n) is 19.1. The molecule has 1 amide bonds. The van der Waals surface area contributed by atoms with Crippen LogP contribution < -0.4 is 0 Å². The number of likely N-dealkylation sites (tertiary alicyclic amines) is 1. The van der Waals surface area contributed by atoms with Gasteiger partial charge in [0.15, 0.2) is 5.67 Å². The van der Waals surface area contributed by atoms with E-state index in [1.165, 1.54) is 29.2 Å². The van der Waals surface area contributed by atoms with Crippen molar-refractivity contribution >= 4 is 23.2 Å². The minimum absolute atomic E-state index is 0.0482. The molecule has 2 heterocycles. The molecule has 2 aromatic carbocycles. The molecule has 12 heteroatoms. The molecule has 5 rings (SSSR count). The molecule has 0 N–H and O–H groups in total. The van der Waals surface area contributed by atoms with Crippen LogP contribution >= 0.6 is 11.6 Å². The molecule has 0 aromatic heterocycles. The number of oxime groups is 1. The molecular formula is C25H20ClF7N2O2. The molecule has 198 valence electrons. The Labute approximate surface area is 212 Å². The lowest BCUT2D eigenvalue weighted by atomic mass is 9.81. The molecular weight excluding hydrogens is 529 g/mol. The summed E-state index contributed by atoms with van der Waals surface area (Å²) in [7, 11) is 0. The normalized spacial score (nSPS) is 23.7. The predicted molar refractivity (Wildman–Crippen MR) is 120 cm³/mol. The molecule has 1 saturated heterocycles. The number of hydrogen-bond donors (Lipinski definition) is 0. The van der Waals surface area contributed by atoms with Crippen molar-refractivity contribution in [1.82, 2.24) is 4.90 Å². The van der Waals surface area contributed by atoms with Gasteiger partial charge < -0.3 is 9.74 Å². The molecule has 37 heavy (non-hydrogen) atoms. The highest BCUT2D eigenvalue weighted by atomic mass is 35.5. The molecule has 2 aromatic rings. The van der Waals surface area contributed by atoms with Gasteiger partial charge in [0.25, 0.3) is 5.60 Å². The smallest absolute Gasteiger partial charge is 0.374 e. The minimum atomic E-state index is -5.13. The predicted octanol–water partition coefficient (Wildman–Crippen LogP) is 6.75. The fourth-order valence-corrected chi connectivity index (χ4v) is 5.05. The fourth-order valence-electron chi connectivity index (χ4n) is 4.82. The summed E-state index contributed by atoms with van der Waals surface area (Å²) in [6.07, 6.45) is -8.36. The quantitative estimate of drug-likeness (QED) is 0.397. The molecule has 2 aliphatic heterocycles. The molecule has 1 atom stereocenters. The molecule has 3 aliphatic rings. The Morgan fingerprint density at radius 2 is 1.65 bits per heavy atom. The lowest BCUT2D eigenvalue weighted by molar-refractivity contribution is -0.276. The Kier molecular flexibility index (Phi) is 6.01. The fraction of sp³-hybridized carbons (Fsp3) is 0.440. The van der Waals surface area contributed by atoms with E-state index in [-0.39, 0.29) is 41.8 Å². The maximum absolute atomic E-state index is 15.3. The summed E-state index contributed by atoms with van der Waals surface area (Å²) in [6.45, 7) is -0.196. The van der Waals surface area contributed by atoms with E-state index in [9.17, 15) is 31.1 Å². The molecule has 1 saturated carbocycles. The van der Waals surface area contributed by atoms with E-state index >= 15 is 4.39 Å². The molecule has 1 aliphatic carbocycles. The van der Waals surface area contributed by atoms with Crippen molar-refractivity contribution < 1.29 is 40.4 Å². The number of alkyl halides is 7. The Morgan fingerprint density at radius 3 is 2.19 bits per heavy atom. The molecule has 2 fully saturated rings. The van der Waals surface area contributed by atoms with Crippen LogP contribution in [0.4, 0.5) is 30.7 Å². The minimum Gasteiger partial charge on any atom is -0.374 e. The second kappa shape index (κ2) is 8.61. The van der Waals surface area contributed by atoms with E-state index in [2.05, 4.69) is 5.16 Å². The third kappa shape index (κ3) is 4.45. The van der Waals surface area contributed by atoms with Crippen molar-refractivity contribution in [1.29, 1.82) is 0 Å². The number of carbonyl (C=O) groups is 1. The van der Waals surface area contributed by atoms with Crippen LogP contribution in [-0.2, 0) is 27.1 Å². The molecule has 1 unspecified atom stereocenters. The van der Waals surface area contributed by atoms with E-state index in [1.807, 2.05) is 0 Å². The topological polar surface area (TPSA) is 41.9 Å². The van der Waals surface area contributed by atoms with Crippen LogP contribution in [0.25, 0.3) is 0 Å². The van der Waals surface area contributed by atoms with Crippen molar-refractivity contribution in [3.8, 4) is 0 Å². The summed E-state index contributed by atoms with van der Waals surface area (Å²) in [6, 6.07) is 7.20. The summed E-state index contributed by atoms with van der Waals surface area (Å²) in [5.41, 5.74) is -6.83. The van der Waals surface area contributed by atoms with Crippen molar-refractivity contribution in [3.05, 3.63) is 69.7 Å². The van der Waals surface area contributed by atoms with Gasteiger partial charge in [-0.1, -0.05) is 47.4 Å². The largest absolute Gasteiger partial charge is 0.435 e. The highest BCUT2D eigenvalue weighted by Crippen LogP contribution is 2.50.